The molecule has 26 heavy (non-hydrogen) atoms. The Morgan fingerprint density at radius 1 is 1.12 bits per heavy atom. The summed E-state index contributed by atoms with van der Waals surface area (Å²) < 4.78 is 16.8. The summed E-state index contributed by atoms with van der Waals surface area (Å²) in [5.74, 6) is 1.53. The Labute approximate surface area is 155 Å². The Morgan fingerprint density at radius 2 is 1.92 bits per heavy atom. The van der Waals surface area contributed by atoms with Gasteiger partial charge in [0, 0.05) is 19.8 Å². The lowest BCUT2D eigenvalue weighted by Crippen LogP contribution is -2.24. The van der Waals surface area contributed by atoms with Crippen LogP contribution in [0.15, 0.2) is 34.7 Å². The molecule has 1 aromatic heterocycles. The highest BCUT2D eigenvalue weighted by Crippen LogP contribution is 2.20. The van der Waals surface area contributed by atoms with E-state index in [2.05, 4.69) is 18.3 Å². The number of hydrogen-bond donors (Lipinski definition) is 1. The maximum absolute atomic E-state index is 12.1. The first-order valence-corrected chi connectivity index (χ1v) is 9.25. The number of hydrogen-bond acceptors (Lipinski definition) is 4. The van der Waals surface area contributed by atoms with E-state index in [0.717, 1.165) is 37.2 Å². The zero-order chi connectivity index (χ0) is 18.8. The van der Waals surface area contributed by atoms with Crippen LogP contribution in [-0.2, 0) is 11.3 Å². The van der Waals surface area contributed by atoms with Crippen molar-refractivity contribution >= 4 is 5.91 Å². The second-order valence-electron chi connectivity index (χ2n) is 6.40. The molecule has 1 N–H and O–H groups in total. The number of nitrogens with one attached hydrogen (secondary N) is 1. The fraction of sp³-hybridized carbons (Fsp3) is 0.476. The minimum atomic E-state index is -0.212. The molecule has 0 atom stereocenters. The third kappa shape index (κ3) is 6.56. The molecule has 142 valence electrons. The Morgan fingerprint density at radius 3 is 2.69 bits per heavy atom. The molecule has 2 rings (SSSR count). The highest BCUT2D eigenvalue weighted by atomic mass is 16.5. The molecule has 1 aromatic carbocycles. The largest absolute Gasteiger partial charge is 0.485 e. The van der Waals surface area contributed by atoms with Crippen LogP contribution in [0.3, 0.4) is 0 Å². The van der Waals surface area contributed by atoms with E-state index in [0.29, 0.717) is 31.3 Å². The van der Waals surface area contributed by atoms with Gasteiger partial charge < -0.3 is 19.2 Å². The summed E-state index contributed by atoms with van der Waals surface area (Å²) in [5, 5.41) is 2.84. The average molecular weight is 359 g/mol. The normalized spacial score (nSPS) is 10.7. The van der Waals surface area contributed by atoms with Gasteiger partial charge in [-0.1, -0.05) is 31.0 Å². The summed E-state index contributed by atoms with van der Waals surface area (Å²) in [5.41, 5.74) is 2.28. The van der Waals surface area contributed by atoms with E-state index in [-0.39, 0.29) is 5.91 Å². The number of aryl methyl sites for hydroxylation is 2. The van der Waals surface area contributed by atoms with Gasteiger partial charge in [-0.3, -0.25) is 4.79 Å². The molecule has 0 aliphatic carbocycles. The SMILES string of the molecule is CCCCOCCCNC(=O)c1ccc(COc2ccc(C)cc2C)o1. The maximum Gasteiger partial charge on any atom is 0.286 e. The van der Waals surface area contributed by atoms with E-state index in [1.165, 1.54) is 5.56 Å². The second kappa shape index (κ2) is 10.7. The highest BCUT2D eigenvalue weighted by molar-refractivity contribution is 5.91. The standard InChI is InChI=1S/C21H29NO4/c1-4-5-12-24-13-6-11-22-21(23)20-10-8-18(26-20)15-25-19-9-7-16(2)14-17(19)3/h7-10,14H,4-6,11-13,15H2,1-3H3,(H,22,23). The zero-order valence-corrected chi connectivity index (χ0v) is 16.0. The molecule has 2 aromatic rings. The maximum atomic E-state index is 12.1. The predicted octanol–water partition coefficient (Wildman–Crippen LogP) is 4.41. The molecule has 0 aliphatic rings. The van der Waals surface area contributed by atoms with Gasteiger partial charge in [0.2, 0.25) is 0 Å². The number of furan rings is 1. The molecule has 0 radical (unpaired) electrons. The molecule has 0 saturated heterocycles. The highest BCUT2D eigenvalue weighted by Gasteiger charge is 2.11. The van der Waals surface area contributed by atoms with E-state index in [1.54, 1.807) is 12.1 Å². The molecule has 1 heterocycles. The van der Waals surface area contributed by atoms with Gasteiger partial charge in [0.25, 0.3) is 5.91 Å². The van der Waals surface area contributed by atoms with E-state index in [1.807, 2.05) is 26.0 Å². The quantitative estimate of drug-likeness (QED) is 0.604. The van der Waals surface area contributed by atoms with Crippen molar-refractivity contribution in [3.63, 3.8) is 0 Å². The number of ether oxygens (including phenoxy) is 2. The summed E-state index contributed by atoms with van der Waals surface area (Å²) in [6.07, 6.45) is 3.00. The van der Waals surface area contributed by atoms with Gasteiger partial charge in [0.05, 0.1) is 0 Å². The number of rotatable bonds is 11. The smallest absolute Gasteiger partial charge is 0.286 e. The molecular formula is C21H29NO4. The van der Waals surface area contributed by atoms with E-state index in [9.17, 15) is 4.79 Å². The summed E-state index contributed by atoms with van der Waals surface area (Å²) in [4.78, 5) is 12.1. The molecule has 0 unspecified atom stereocenters. The topological polar surface area (TPSA) is 60.7 Å². The minimum Gasteiger partial charge on any atom is -0.485 e. The van der Waals surface area contributed by atoms with E-state index in [4.69, 9.17) is 13.9 Å². The zero-order valence-electron chi connectivity index (χ0n) is 16.0. The van der Waals surface area contributed by atoms with Gasteiger partial charge in [-0.25, -0.2) is 0 Å². The van der Waals surface area contributed by atoms with Crippen molar-refractivity contribution in [3.8, 4) is 5.75 Å². The van der Waals surface area contributed by atoms with Crippen LogP contribution in [0.25, 0.3) is 0 Å². The molecule has 0 aliphatic heterocycles. The van der Waals surface area contributed by atoms with Crippen molar-refractivity contribution in [3.05, 3.63) is 53.0 Å². The Hall–Kier alpha value is -2.27. The van der Waals surface area contributed by atoms with Gasteiger partial charge >= 0.3 is 0 Å². The number of amides is 1. The average Bonchev–Trinajstić information content (AvgIpc) is 3.09. The van der Waals surface area contributed by atoms with E-state index >= 15 is 0 Å². The molecular weight excluding hydrogens is 330 g/mol. The summed E-state index contributed by atoms with van der Waals surface area (Å²) >= 11 is 0. The van der Waals surface area contributed by atoms with Gasteiger partial charge in [-0.05, 0) is 50.5 Å². The Kier molecular flexibility index (Phi) is 8.22. The lowest BCUT2D eigenvalue weighted by molar-refractivity contribution is 0.0909. The lowest BCUT2D eigenvalue weighted by Gasteiger charge is -2.08. The van der Waals surface area contributed by atoms with Crippen molar-refractivity contribution in [2.24, 2.45) is 0 Å². The minimum absolute atomic E-state index is 0.212. The van der Waals surface area contributed by atoms with E-state index < -0.39 is 0 Å². The van der Waals surface area contributed by atoms with Crippen molar-refractivity contribution in [2.75, 3.05) is 19.8 Å². The van der Waals surface area contributed by atoms with Gasteiger partial charge in [-0.2, -0.15) is 0 Å². The second-order valence-corrected chi connectivity index (χ2v) is 6.40. The number of carbonyl (C=O) groups excluding carboxylic acids is 1. The molecule has 1 amide bonds. The predicted molar refractivity (Wildman–Crippen MR) is 102 cm³/mol. The van der Waals surface area contributed by atoms with Gasteiger partial charge in [-0.15, -0.1) is 0 Å². The van der Waals surface area contributed by atoms with Crippen LogP contribution in [-0.4, -0.2) is 25.7 Å². The third-order valence-corrected chi connectivity index (χ3v) is 3.98. The Bertz CT molecular complexity index is 693. The molecule has 0 bridgehead atoms. The van der Waals surface area contributed by atoms with Crippen LogP contribution in [0.4, 0.5) is 0 Å². The first-order valence-electron chi connectivity index (χ1n) is 9.25. The third-order valence-electron chi connectivity index (χ3n) is 3.98. The molecule has 5 heteroatoms. The number of carbonyl (C=O) groups is 1. The van der Waals surface area contributed by atoms with Gasteiger partial charge in [0.1, 0.15) is 18.1 Å². The van der Waals surface area contributed by atoms with Crippen LogP contribution >= 0.6 is 0 Å². The van der Waals surface area contributed by atoms with Crippen LogP contribution in [0.2, 0.25) is 0 Å². The van der Waals surface area contributed by atoms with Crippen LogP contribution in [0, 0.1) is 13.8 Å². The number of benzene rings is 1. The fourth-order valence-electron chi connectivity index (χ4n) is 2.50. The Balaban J connectivity index is 1.71. The van der Waals surface area contributed by atoms with Crippen molar-refractivity contribution < 1.29 is 18.7 Å². The van der Waals surface area contributed by atoms with Crippen molar-refractivity contribution in [1.29, 1.82) is 0 Å². The first-order chi connectivity index (χ1) is 12.6. The van der Waals surface area contributed by atoms with Crippen molar-refractivity contribution in [1.82, 2.24) is 5.32 Å². The van der Waals surface area contributed by atoms with Crippen LogP contribution < -0.4 is 10.1 Å². The first kappa shape index (κ1) is 20.0. The summed E-state index contributed by atoms with van der Waals surface area (Å²) in [6.45, 7) is 8.50. The summed E-state index contributed by atoms with van der Waals surface area (Å²) in [7, 11) is 0. The molecule has 0 saturated carbocycles. The molecule has 0 fully saturated rings. The van der Waals surface area contributed by atoms with Crippen molar-refractivity contribution in [2.45, 2.75) is 46.6 Å². The lowest BCUT2D eigenvalue weighted by atomic mass is 10.1. The summed E-state index contributed by atoms with van der Waals surface area (Å²) in [6, 6.07) is 9.47. The molecule has 5 nitrogen and oxygen atoms in total. The van der Waals surface area contributed by atoms with Crippen LogP contribution in [0.1, 0.15) is 53.6 Å². The van der Waals surface area contributed by atoms with Crippen LogP contribution in [0.5, 0.6) is 5.75 Å². The number of unbranched alkanes of at least 4 members (excludes halogenated alkanes) is 1. The van der Waals surface area contributed by atoms with Gasteiger partial charge in [0.15, 0.2) is 5.76 Å². The monoisotopic (exact) mass is 359 g/mol. The fourth-order valence-corrected chi connectivity index (χ4v) is 2.50. The molecule has 0 spiro atoms.